The van der Waals surface area contributed by atoms with Crippen molar-refractivity contribution in [1.82, 2.24) is 9.78 Å². The van der Waals surface area contributed by atoms with E-state index in [2.05, 4.69) is 5.10 Å². The molecule has 0 aliphatic carbocycles. The zero-order valence-electron chi connectivity index (χ0n) is 10.2. The Balaban J connectivity index is 2.65. The lowest BCUT2D eigenvalue weighted by atomic mass is 10.1. The topological polar surface area (TPSA) is 84.6 Å². The van der Waals surface area contributed by atoms with Crippen molar-refractivity contribution in [2.45, 2.75) is 0 Å². The molecule has 1 aromatic carbocycles. The average molecular weight is 283 g/mol. The third-order valence-electron chi connectivity index (χ3n) is 2.63. The van der Waals surface area contributed by atoms with Crippen LogP contribution in [0.4, 0.5) is 0 Å². The third-order valence-corrected chi connectivity index (χ3v) is 2.85. The number of benzene rings is 1. The number of carboxylic acid groups (broad SMARTS) is 1. The van der Waals surface area contributed by atoms with E-state index in [0.29, 0.717) is 16.3 Å². The van der Waals surface area contributed by atoms with Gasteiger partial charge in [0.2, 0.25) is 0 Å². The lowest BCUT2D eigenvalue weighted by Gasteiger charge is -2.09. The second-order valence-electron chi connectivity index (χ2n) is 3.85. The van der Waals surface area contributed by atoms with Crippen LogP contribution in [-0.4, -0.2) is 33.1 Å². The van der Waals surface area contributed by atoms with Crippen molar-refractivity contribution in [3.63, 3.8) is 0 Å². The van der Waals surface area contributed by atoms with Gasteiger partial charge in [-0.15, -0.1) is 0 Å². The van der Waals surface area contributed by atoms with Crippen molar-refractivity contribution in [3.8, 4) is 22.8 Å². The van der Waals surface area contributed by atoms with Gasteiger partial charge in [0.15, 0.2) is 17.2 Å². The van der Waals surface area contributed by atoms with Crippen LogP contribution in [0.3, 0.4) is 0 Å². The Kier molecular flexibility index (Phi) is 3.35. The molecule has 1 heterocycles. The minimum absolute atomic E-state index is 0.115. The molecule has 0 saturated carbocycles. The van der Waals surface area contributed by atoms with E-state index in [1.54, 1.807) is 7.05 Å². The molecule has 0 spiro atoms. The number of aryl methyl sites for hydroxylation is 1. The summed E-state index contributed by atoms with van der Waals surface area (Å²) >= 11 is 5.94. The van der Waals surface area contributed by atoms with Gasteiger partial charge in [-0.25, -0.2) is 4.79 Å². The summed E-state index contributed by atoms with van der Waals surface area (Å²) in [5, 5.41) is 23.2. The number of phenols is 1. The molecule has 0 fully saturated rings. The number of carbonyl (C=O) groups is 1. The van der Waals surface area contributed by atoms with Crippen molar-refractivity contribution < 1.29 is 19.7 Å². The number of aromatic nitrogens is 2. The second kappa shape index (κ2) is 4.81. The first-order valence-corrected chi connectivity index (χ1v) is 5.66. The van der Waals surface area contributed by atoms with E-state index in [9.17, 15) is 9.90 Å². The van der Waals surface area contributed by atoms with Gasteiger partial charge in [0.1, 0.15) is 0 Å². The summed E-state index contributed by atoms with van der Waals surface area (Å²) in [5.74, 6) is -1.05. The summed E-state index contributed by atoms with van der Waals surface area (Å²) in [7, 11) is 2.98. The number of aromatic carboxylic acids is 1. The summed E-state index contributed by atoms with van der Waals surface area (Å²) in [6.45, 7) is 0. The Morgan fingerprint density at radius 3 is 2.63 bits per heavy atom. The van der Waals surface area contributed by atoms with E-state index >= 15 is 0 Å². The van der Waals surface area contributed by atoms with Gasteiger partial charge in [-0.2, -0.15) is 5.10 Å². The minimum Gasteiger partial charge on any atom is -0.504 e. The number of rotatable bonds is 3. The predicted octanol–water partition coefficient (Wildman–Crippen LogP) is 2.15. The Morgan fingerprint density at radius 2 is 2.11 bits per heavy atom. The number of phenolic OH excluding ortho intramolecular Hbond substituents is 1. The van der Waals surface area contributed by atoms with Gasteiger partial charge in [-0.1, -0.05) is 11.6 Å². The molecule has 2 aromatic rings. The molecule has 0 bridgehead atoms. The largest absolute Gasteiger partial charge is 0.504 e. The monoisotopic (exact) mass is 282 g/mol. The lowest BCUT2D eigenvalue weighted by Crippen LogP contribution is -1.99. The maximum absolute atomic E-state index is 10.9. The molecule has 6 nitrogen and oxygen atoms in total. The molecule has 0 amide bonds. The quantitative estimate of drug-likeness (QED) is 0.901. The molecule has 0 atom stereocenters. The van der Waals surface area contributed by atoms with Gasteiger partial charge in [-0.3, -0.25) is 4.68 Å². The summed E-state index contributed by atoms with van der Waals surface area (Å²) in [6.07, 6.45) is 0. The predicted molar refractivity (Wildman–Crippen MR) is 68.8 cm³/mol. The first kappa shape index (κ1) is 13.2. The van der Waals surface area contributed by atoms with E-state index in [1.807, 2.05) is 0 Å². The zero-order chi connectivity index (χ0) is 14.2. The number of hydrogen-bond donors (Lipinski definition) is 2. The molecular weight excluding hydrogens is 272 g/mol. The van der Waals surface area contributed by atoms with Gasteiger partial charge in [0.05, 0.1) is 12.8 Å². The normalized spacial score (nSPS) is 10.5. The summed E-state index contributed by atoms with van der Waals surface area (Å²) in [4.78, 5) is 10.9. The number of carboxylic acids is 1. The highest BCUT2D eigenvalue weighted by Crippen LogP contribution is 2.39. The molecule has 19 heavy (non-hydrogen) atoms. The Bertz CT molecular complexity index is 651. The van der Waals surface area contributed by atoms with Crippen molar-refractivity contribution in [3.05, 3.63) is 28.9 Å². The van der Waals surface area contributed by atoms with Gasteiger partial charge >= 0.3 is 5.97 Å². The standard InChI is InChI=1S/C12H11ClN2O4/c1-15-9(5-8(14-15)12(17)18)7-3-6(13)4-10(19-2)11(7)16/h3-5,16H,1-2H3,(H,17,18). The molecule has 100 valence electrons. The highest BCUT2D eigenvalue weighted by atomic mass is 35.5. The molecule has 7 heteroatoms. The number of hydrogen-bond acceptors (Lipinski definition) is 4. The maximum Gasteiger partial charge on any atom is 0.356 e. The van der Waals surface area contributed by atoms with Gasteiger partial charge in [-0.05, 0) is 12.1 Å². The van der Waals surface area contributed by atoms with Crippen molar-refractivity contribution in [2.24, 2.45) is 7.05 Å². The van der Waals surface area contributed by atoms with Crippen LogP contribution in [-0.2, 0) is 7.05 Å². The van der Waals surface area contributed by atoms with Gasteiger partial charge in [0.25, 0.3) is 0 Å². The fraction of sp³-hybridized carbons (Fsp3) is 0.167. The fourth-order valence-electron chi connectivity index (χ4n) is 1.75. The number of methoxy groups -OCH3 is 1. The first-order valence-electron chi connectivity index (χ1n) is 5.28. The molecule has 1 aromatic heterocycles. The number of nitrogens with zero attached hydrogens (tertiary/aromatic N) is 2. The van der Waals surface area contributed by atoms with Crippen molar-refractivity contribution >= 4 is 17.6 Å². The summed E-state index contributed by atoms with van der Waals surface area (Å²) < 4.78 is 6.36. The molecule has 0 radical (unpaired) electrons. The highest BCUT2D eigenvalue weighted by Gasteiger charge is 2.18. The van der Waals surface area contributed by atoms with Gasteiger partial charge < -0.3 is 14.9 Å². The van der Waals surface area contributed by atoms with E-state index in [-0.39, 0.29) is 17.2 Å². The van der Waals surface area contributed by atoms with Crippen LogP contribution in [0.25, 0.3) is 11.3 Å². The van der Waals surface area contributed by atoms with Crippen LogP contribution in [0, 0.1) is 0 Å². The van der Waals surface area contributed by atoms with Crippen LogP contribution in [0.5, 0.6) is 11.5 Å². The van der Waals surface area contributed by atoms with E-state index < -0.39 is 5.97 Å². The molecule has 2 rings (SSSR count). The second-order valence-corrected chi connectivity index (χ2v) is 4.28. The molecule has 0 saturated heterocycles. The third kappa shape index (κ3) is 2.34. The molecule has 0 unspecified atom stereocenters. The molecule has 2 N–H and O–H groups in total. The van der Waals surface area contributed by atoms with Crippen LogP contribution in [0.1, 0.15) is 10.5 Å². The Hall–Kier alpha value is -2.21. The van der Waals surface area contributed by atoms with Crippen LogP contribution in [0.15, 0.2) is 18.2 Å². The average Bonchev–Trinajstić information content (AvgIpc) is 2.74. The maximum atomic E-state index is 10.9. The molecular formula is C12H11ClN2O4. The summed E-state index contributed by atoms with van der Waals surface area (Å²) in [6, 6.07) is 4.34. The van der Waals surface area contributed by atoms with Crippen molar-refractivity contribution in [2.75, 3.05) is 7.11 Å². The van der Waals surface area contributed by atoms with Crippen LogP contribution >= 0.6 is 11.6 Å². The smallest absolute Gasteiger partial charge is 0.356 e. The zero-order valence-corrected chi connectivity index (χ0v) is 11.0. The summed E-state index contributed by atoms with van der Waals surface area (Å²) in [5.41, 5.74) is 0.665. The van der Waals surface area contributed by atoms with E-state index in [0.717, 1.165) is 0 Å². The number of ether oxygens (including phenoxy) is 1. The SMILES string of the molecule is COc1cc(Cl)cc(-c2cc(C(=O)O)nn2C)c1O. The highest BCUT2D eigenvalue weighted by molar-refractivity contribution is 6.31. The molecule has 0 aliphatic rings. The van der Waals surface area contributed by atoms with E-state index in [1.165, 1.54) is 30.0 Å². The minimum atomic E-state index is -1.14. The van der Waals surface area contributed by atoms with Crippen LogP contribution in [0.2, 0.25) is 5.02 Å². The Morgan fingerprint density at radius 1 is 1.42 bits per heavy atom. The Labute approximate surface area is 113 Å². The van der Waals surface area contributed by atoms with E-state index in [4.69, 9.17) is 21.4 Å². The number of halogens is 1. The molecule has 0 aliphatic heterocycles. The number of aromatic hydroxyl groups is 1. The fourth-order valence-corrected chi connectivity index (χ4v) is 1.96. The van der Waals surface area contributed by atoms with Crippen LogP contribution < -0.4 is 4.74 Å². The lowest BCUT2D eigenvalue weighted by molar-refractivity contribution is 0.0689. The van der Waals surface area contributed by atoms with Gasteiger partial charge in [0, 0.05) is 23.7 Å². The first-order chi connectivity index (χ1) is 8.93. The van der Waals surface area contributed by atoms with Crippen molar-refractivity contribution in [1.29, 1.82) is 0 Å².